The Labute approximate surface area is 160 Å². The van der Waals surface area contributed by atoms with Gasteiger partial charge in [-0.25, -0.2) is 9.97 Å². The van der Waals surface area contributed by atoms with Crippen LogP contribution in [-0.2, 0) is 0 Å². The minimum atomic E-state index is -0.403. The fourth-order valence-corrected chi connectivity index (χ4v) is 5.50. The molecule has 1 aromatic carbocycles. The van der Waals surface area contributed by atoms with Gasteiger partial charge in [-0.2, -0.15) is 0 Å². The molecule has 0 unspecified atom stereocenters. The minimum Gasteiger partial charge on any atom is -0.391 e. The van der Waals surface area contributed by atoms with E-state index in [4.69, 9.17) is 5.73 Å². The van der Waals surface area contributed by atoms with Crippen LogP contribution in [0.2, 0.25) is 0 Å². The maximum atomic E-state index is 13.2. The maximum absolute atomic E-state index is 13.2. The van der Waals surface area contributed by atoms with Crippen LogP contribution < -0.4 is 5.73 Å². The first-order valence-electron chi connectivity index (χ1n) is 9.20. The Morgan fingerprint density at radius 2 is 2.07 bits per heavy atom. The van der Waals surface area contributed by atoms with Crippen LogP contribution in [0.15, 0.2) is 36.9 Å². The van der Waals surface area contributed by atoms with Gasteiger partial charge in [-0.15, -0.1) is 0 Å². The molecular weight excluding hydrogens is 362 g/mol. The number of hydrogen-bond donors (Lipinski definition) is 2. The van der Waals surface area contributed by atoms with Crippen LogP contribution in [0.5, 0.6) is 0 Å². The summed E-state index contributed by atoms with van der Waals surface area (Å²) in [5.41, 5.74) is 7.28. The fourth-order valence-electron chi connectivity index (χ4n) is 4.66. The Bertz CT molecular complexity index is 985. The van der Waals surface area contributed by atoms with Crippen LogP contribution in [0.25, 0.3) is 10.2 Å². The summed E-state index contributed by atoms with van der Waals surface area (Å²) in [6.07, 6.45) is 6.59. The number of aliphatic hydroxyl groups is 1. The van der Waals surface area contributed by atoms with Crippen LogP contribution in [0.1, 0.15) is 29.2 Å². The van der Waals surface area contributed by atoms with E-state index in [0.29, 0.717) is 29.1 Å². The van der Waals surface area contributed by atoms with Gasteiger partial charge in [0.25, 0.3) is 5.91 Å². The Balaban J connectivity index is 1.38. The highest BCUT2D eigenvalue weighted by Gasteiger charge is 2.43. The molecule has 140 valence electrons. The zero-order chi connectivity index (χ0) is 18.5. The highest BCUT2D eigenvalue weighted by molar-refractivity contribution is 7.22. The minimum absolute atomic E-state index is 0.0346. The number of thiazole rings is 1. The largest absolute Gasteiger partial charge is 0.391 e. The average molecular weight is 383 g/mol. The summed E-state index contributed by atoms with van der Waals surface area (Å²) in [6.45, 7) is 1.42. The van der Waals surface area contributed by atoms with E-state index in [1.807, 2.05) is 33.9 Å². The zero-order valence-electron chi connectivity index (χ0n) is 14.7. The highest BCUT2D eigenvalue weighted by Crippen LogP contribution is 2.42. The number of rotatable bonds is 2. The number of aliphatic hydroxyl groups excluding tert-OH is 1. The molecule has 1 aliphatic carbocycles. The summed E-state index contributed by atoms with van der Waals surface area (Å²) >= 11 is 1.36. The number of carbonyl (C=O) groups excluding carboxylic acids is 1. The molecule has 2 aliphatic rings. The van der Waals surface area contributed by atoms with Crippen molar-refractivity contribution in [1.82, 2.24) is 19.4 Å². The lowest BCUT2D eigenvalue weighted by Gasteiger charge is -2.35. The second-order valence-electron chi connectivity index (χ2n) is 7.55. The Kier molecular flexibility index (Phi) is 3.91. The third kappa shape index (κ3) is 2.80. The van der Waals surface area contributed by atoms with Gasteiger partial charge in [-0.1, -0.05) is 17.4 Å². The standard InChI is InChI=1S/C19H21N5O2S/c20-19-22-14-3-1-2-13(17(14)27-19)18(26)24-8-11-6-15(23-5-4-21-10-23)16(25)7-12(11)9-24/h1-5,10-12,15-16,25H,6-9H2,(H2,20,22)/t11-,12+,15-,16-/m1/s1. The van der Waals surface area contributed by atoms with E-state index in [1.54, 1.807) is 12.5 Å². The zero-order valence-corrected chi connectivity index (χ0v) is 15.5. The van der Waals surface area contributed by atoms with Crippen molar-refractivity contribution in [1.29, 1.82) is 0 Å². The molecule has 0 spiro atoms. The van der Waals surface area contributed by atoms with Gasteiger partial charge in [0.2, 0.25) is 0 Å². The van der Waals surface area contributed by atoms with Gasteiger partial charge in [0, 0.05) is 25.5 Å². The van der Waals surface area contributed by atoms with Gasteiger partial charge in [0.15, 0.2) is 5.13 Å². The first-order valence-corrected chi connectivity index (χ1v) is 10.0. The normalized spacial score (nSPS) is 27.8. The fraction of sp³-hybridized carbons (Fsp3) is 0.421. The summed E-state index contributed by atoms with van der Waals surface area (Å²) in [6, 6.07) is 5.63. The van der Waals surface area contributed by atoms with Crippen LogP contribution in [0.4, 0.5) is 5.13 Å². The molecule has 0 bridgehead atoms. The molecule has 27 heavy (non-hydrogen) atoms. The third-order valence-corrected chi connectivity index (χ3v) is 6.90. The second-order valence-corrected chi connectivity index (χ2v) is 8.58. The van der Waals surface area contributed by atoms with Gasteiger partial charge in [-0.05, 0) is 36.8 Å². The van der Waals surface area contributed by atoms with Crippen molar-refractivity contribution in [3.8, 4) is 0 Å². The van der Waals surface area contributed by atoms with Crippen molar-refractivity contribution in [3.63, 3.8) is 0 Å². The molecule has 5 rings (SSSR count). The number of anilines is 1. The van der Waals surface area contributed by atoms with E-state index in [2.05, 4.69) is 9.97 Å². The number of hydrogen-bond acceptors (Lipinski definition) is 6. The number of fused-ring (bicyclic) bond motifs is 2. The SMILES string of the molecule is Nc1nc2cccc(C(=O)N3C[C@H]4C[C@@H](n5ccnc5)[C@H](O)C[C@H]4C3)c2s1. The molecule has 8 heteroatoms. The highest BCUT2D eigenvalue weighted by atomic mass is 32.1. The molecule has 3 aromatic rings. The Hall–Kier alpha value is -2.45. The van der Waals surface area contributed by atoms with E-state index in [-0.39, 0.29) is 11.9 Å². The number of likely N-dealkylation sites (tertiary alicyclic amines) is 1. The number of amides is 1. The second kappa shape index (κ2) is 6.31. The predicted octanol–water partition coefficient (Wildman–Crippen LogP) is 2.16. The number of benzene rings is 1. The van der Waals surface area contributed by atoms with Crippen molar-refractivity contribution < 1.29 is 9.90 Å². The number of nitrogen functional groups attached to an aromatic ring is 1. The molecule has 2 fully saturated rings. The molecule has 3 N–H and O–H groups in total. The van der Waals surface area contributed by atoms with Gasteiger partial charge >= 0.3 is 0 Å². The van der Waals surface area contributed by atoms with Crippen LogP contribution >= 0.6 is 11.3 Å². The lowest BCUT2D eigenvalue weighted by atomic mass is 9.77. The summed E-state index contributed by atoms with van der Waals surface area (Å²) < 4.78 is 2.85. The van der Waals surface area contributed by atoms with E-state index in [0.717, 1.165) is 29.6 Å². The summed E-state index contributed by atoms with van der Waals surface area (Å²) in [5, 5.41) is 11.1. The first-order chi connectivity index (χ1) is 13.1. The number of imidazole rings is 1. The van der Waals surface area contributed by atoms with Crippen molar-refractivity contribution in [2.24, 2.45) is 11.8 Å². The predicted molar refractivity (Wildman–Crippen MR) is 103 cm³/mol. The summed E-state index contributed by atoms with van der Waals surface area (Å²) in [4.78, 5) is 23.5. The van der Waals surface area contributed by atoms with Crippen molar-refractivity contribution in [2.45, 2.75) is 25.0 Å². The van der Waals surface area contributed by atoms with Crippen molar-refractivity contribution in [2.75, 3.05) is 18.8 Å². The van der Waals surface area contributed by atoms with Crippen LogP contribution in [0.3, 0.4) is 0 Å². The smallest absolute Gasteiger partial charge is 0.255 e. The number of aromatic nitrogens is 3. The number of nitrogens with zero attached hydrogens (tertiary/aromatic N) is 4. The van der Waals surface area contributed by atoms with Gasteiger partial charge in [-0.3, -0.25) is 4.79 Å². The molecule has 1 amide bonds. The molecule has 4 atom stereocenters. The van der Waals surface area contributed by atoms with E-state index in [9.17, 15) is 9.90 Å². The van der Waals surface area contributed by atoms with Crippen LogP contribution in [-0.4, -0.2) is 49.6 Å². The summed E-state index contributed by atoms with van der Waals surface area (Å²) in [7, 11) is 0. The van der Waals surface area contributed by atoms with Gasteiger partial charge in [0.05, 0.1) is 34.3 Å². The molecule has 0 radical (unpaired) electrons. The molecular formula is C19H21N5O2S. The topological polar surface area (TPSA) is 97.3 Å². The molecule has 1 saturated carbocycles. The van der Waals surface area contributed by atoms with Crippen molar-refractivity contribution >= 4 is 32.6 Å². The third-order valence-electron chi connectivity index (χ3n) is 5.97. The lowest BCUT2D eigenvalue weighted by Crippen LogP contribution is -2.35. The molecule has 1 saturated heterocycles. The van der Waals surface area contributed by atoms with Crippen molar-refractivity contribution in [3.05, 3.63) is 42.5 Å². The molecule has 2 aromatic heterocycles. The maximum Gasteiger partial charge on any atom is 0.255 e. The molecule has 7 nitrogen and oxygen atoms in total. The van der Waals surface area contributed by atoms with E-state index >= 15 is 0 Å². The van der Waals surface area contributed by atoms with E-state index < -0.39 is 6.10 Å². The van der Waals surface area contributed by atoms with Gasteiger partial charge < -0.3 is 20.3 Å². The number of carbonyl (C=O) groups is 1. The average Bonchev–Trinajstić information content (AvgIpc) is 3.37. The van der Waals surface area contributed by atoms with Crippen LogP contribution in [0, 0.1) is 11.8 Å². The lowest BCUT2D eigenvalue weighted by molar-refractivity contribution is 0.0357. The van der Waals surface area contributed by atoms with E-state index in [1.165, 1.54) is 11.3 Å². The quantitative estimate of drug-likeness (QED) is 0.707. The monoisotopic (exact) mass is 383 g/mol. The first kappa shape index (κ1) is 16.7. The van der Waals surface area contributed by atoms with Gasteiger partial charge in [0.1, 0.15) is 0 Å². The summed E-state index contributed by atoms with van der Waals surface area (Å²) in [5.74, 6) is 0.775. The Morgan fingerprint density at radius 1 is 1.26 bits per heavy atom. The molecule has 3 heterocycles. The Morgan fingerprint density at radius 3 is 2.85 bits per heavy atom. The number of nitrogens with two attached hydrogens (primary N) is 1. The molecule has 1 aliphatic heterocycles.